The summed E-state index contributed by atoms with van der Waals surface area (Å²) < 4.78 is 17.6. The monoisotopic (exact) mass is 519 g/mol. The van der Waals surface area contributed by atoms with Crippen molar-refractivity contribution in [3.05, 3.63) is 65.0 Å². The average molecular weight is 520 g/mol. The van der Waals surface area contributed by atoms with Crippen LogP contribution in [0.4, 0.5) is 5.13 Å². The predicted octanol–water partition coefficient (Wildman–Crippen LogP) is 4.72. The molecule has 2 aromatic carbocycles. The van der Waals surface area contributed by atoms with Crippen molar-refractivity contribution in [2.75, 3.05) is 18.9 Å². The van der Waals surface area contributed by atoms with Crippen molar-refractivity contribution in [2.24, 2.45) is 0 Å². The number of aromatic nitrogens is 3. The second-order valence-corrected chi connectivity index (χ2v) is 9.44. The molecule has 11 heteroatoms. The number of carbonyl (C=O) groups excluding carboxylic acids is 2. The van der Waals surface area contributed by atoms with Gasteiger partial charge in [0.2, 0.25) is 11.8 Å². The van der Waals surface area contributed by atoms with Gasteiger partial charge in [-0.15, -0.1) is 21.5 Å². The molecule has 1 aliphatic heterocycles. The molecule has 1 atom stereocenters. The number of likely N-dealkylation sites (tertiary alicyclic amines) is 1. The van der Waals surface area contributed by atoms with Gasteiger partial charge in [-0.3, -0.25) is 14.9 Å². The number of likely N-dealkylation sites (N-methyl/N-ethyl adjacent to an activating group) is 1. The highest BCUT2D eigenvalue weighted by atomic mass is 32.1. The van der Waals surface area contributed by atoms with Crippen molar-refractivity contribution in [3.8, 4) is 28.7 Å². The minimum absolute atomic E-state index is 0.0987. The smallest absolute Gasteiger partial charge is 0.263 e. The Morgan fingerprint density at radius 3 is 2.59 bits per heavy atom. The van der Waals surface area contributed by atoms with Gasteiger partial charge in [0.15, 0.2) is 11.2 Å². The van der Waals surface area contributed by atoms with E-state index in [-0.39, 0.29) is 11.8 Å². The van der Waals surface area contributed by atoms with E-state index >= 15 is 0 Å². The van der Waals surface area contributed by atoms with Crippen LogP contribution in [0.5, 0.6) is 17.2 Å². The summed E-state index contributed by atoms with van der Waals surface area (Å²) in [6.07, 6.45) is 0.615. The number of rotatable bonds is 8. The number of amides is 2. The molecule has 1 fully saturated rings. The second kappa shape index (κ2) is 10.4. The third kappa shape index (κ3) is 5.61. The Labute approximate surface area is 217 Å². The van der Waals surface area contributed by atoms with Crippen molar-refractivity contribution >= 4 is 28.3 Å². The van der Waals surface area contributed by atoms with Crippen LogP contribution in [0.25, 0.3) is 11.5 Å². The third-order valence-electron chi connectivity index (χ3n) is 5.74. The number of hydrogen-bond acceptors (Lipinski definition) is 9. The molecular formula is C26H25N5O5S. The fraction of sp³-hybridized carbons (Fsp3) is 0.269. The zero-order valence-electron chi connectivity index (χ0n) is 20.6. The summed E-state index contributed by atoms with van der Waals surface area (Å²) in [5.41, 5.74) is 1.90. The average Bonchev–Trinajstić information content (AvgIpc) is 3.62. The van der Waals surface area contributed by atoms with Crippen LogP contribution in [0, 0.1) is 6.92 Å². The Balaban J connectivity index is 1.39. The summed E-state index contributed by atoms with van der Waals surface area (Å²) in [7, 11) is 1.74. The first-order valence-corrected chi connectivity index (χ1v) is 12.7. The molecule has 0 saturated carbocycles. The number of anilines is 1. The highest BCUT2D eigenvalue weighted by molar-refractivity contribution is 7.13. The maximum atomic E-state index is 13.0. The maximum Gasteiger partial charge on any atom is 0.263 e. The van der Waals surface area contributed by atoms with Crippen LogP contribution in [-0.4, -0.2) is 51.6 Å². The van der Waals surface area contributed by atoms with Gasteiger partial charge in [0.05, 0.1) is 5.69 Å². The number of nitrogens with zero attached hydrogens (tertiary/aromatic N) is 4. The molecule has 190 valence electrons. The van der Waals surface area contributed by atoms with E-state index in [0.29, 0.717) is 59.1 Å². The number of benzene rings is 2. The fourth-order valence-corrected chi connectivity index (χ4v) is 4.47. The Morgan fingerprint density at radius 2 is 1.95 bits per heavy atom. The van der Waals surface area contributed by atoms with Crippen molar-refractivity contribution in [1.82, 2.24) is 20.1 Å². The van der Waals surface area contributed by atoms with Gasteiger partial charge < -0.3 is 18.8 Å². The molecule has 1 aliphatic rings. The molecule has 3 heterocycles. The Kier molecular flexibility index (Phi) is 6.87. The van der Waals surface area contributed by atoms with Crippen LogP contribution >= 0.6 is 11.3 Å². The van der Waals surface area contributed by atoms with Crippen LogP contribution in [0.1, 0.15) is 35.3 Å². The van der Waals surface area contributed by atoms with Crippen LogP contribution in [0.3, 0.4) is 0 Å². The van der Waals surface area contributed by atoms with Gasteiger partial charge in [-0.2, -0.15) is 0 Å². The lowest BCUT2D eigenvalue weighted by atomic mass is 10.1. The van der Waals surface area contributed by atoms with Crippen LogP contribution in [0.15, 0.2) is 52.3 Å². The molecule has 1 N–H and O–H groups in total. The molecule has 4 aromatic rings. The van der Waals surface area contributed by atoms with E-state index in [1.165, 1.54) is 11.3 Å². The van der Waals surface area contributed by atoms with E-state index in [1.54, 1.807) is 42.3 Å². The normalized spacial score (nSPS) is 15.2. The topological polar surface area (TPSA) is 120 Å². The fourth-order valence-electron chi connectivity index (χ4n) is 3.79. The molecule has 5 rings (SSSR count). The van der Waals surface area contributed by atoms with E-state index in [0.717, 1.165) is 11.3 Å². The molecule has 0 radical (unpaired) electrons. The van der Waals surface area contributed by atoms with Crippen molar-refractivity contribution in [3.63, 3.8) is 0 Å². The summed E-state index contributed by atoms with van der Waals surface area (Å²) in [6.45, 7) is 4.41. The Hall–Kier alpha value is -4.25. The third-order valence-corrected chi connectivity index (χ3v) is 6.62. The molecule has 0 spiro atoms. The number of aryl methyl sites for hydroxylation is 2. The summed E-state index contributed by atoms with van der Waals surface area (Å²) >= 11 is 1.34. The number of carbonyl (C=O) groups is 2. The second-order valence-electron chi connectivity index (χ2n) is 8.58. The van der Waals surface area contributed by atoms with Gasteiger partial charge in [0, 0.05) is 49.0 Å². The molecule has 1 saturated heterocycles. The van der Waals surface area contributed by atoms with Gasteiger partial charge in [0.1, 0.15) is 17.2 Å². The quantitative estimate of drug-likeness (QED) is 0.355. The first kappa shape index (κ1) is 24.4. The number of thiazole rings is 1. The molecule has 10 nitrogen and oxygen atoms in total. The van der Waals surface area contributed by atoms with Crippen molar-refractivity contribution in [1.29, 1.82) is 0 Å². The first-order chi connectivity index (χ1) is 17.9. The van der Waals surface area contributed by atoms with Gasteiger partial charge in [-0.1, -0.05) is 6.92 Å². The minimum atomic E-state index is -0.612. The van der Waals surface area contributed by atoms with Crippen LogP contribution in [0.2, 0.25) is 0 Å². The van der Waals surface area contributed by atoms with Gasteiger partial charge in [-0.05, 0) is 43.3 Å². The maximum absolute atomic E-state index is 13.0. The summed E-state index contributed by atoms with van der Waals surface area (Å²) in [5.74, 6) is 1.82. The van der Waals surface area contributed by atoms with E-state index < -0.39 is 6.10 Å². The number of ether oxygens (including phenoxy) is 2. The summed E-state index contributed by atoms with van der Waals surface area (Å²) in [6, 6.07) is 12.0. The minimum Gasteiger partial charge on any atom is -0.480 e. The standard InChI is InChI=1S/C26H25N5O5S/c1-4-22-29-30-24(36-22)16-5-7-18(8-6-16)34-19-11-17(23(32)28-26-27-15(2)14-37-26)12-20(13-19)35-21-9-10-31(3)25(21)33/h5-8,11-14,21H,4,9-10H2,1-3H3,(H,27,28,32). The van der Waals surface area contributed by atoms with Gasteiger partial charge >= 0.3 is 0 Å². The highest BCUT2D eigenvalue weighted by Crippen LogP contribution is 2.31. The SMILES string of the molecule is CCc1nnc(-c2ccc(Oc3cc(OC4CCN(C)C4=O)cc(C(=O)Nc4nc(C)cs4)c3)cc2)o1. The van der Waals surface area contributed by atoms with Gasteiger partial charge in [0.25, 0.3) is 11.8 Å². The lowest BCUT2D eigenvalue weighted by Crippen LogP contribution is -2.29. The van der Waals surface area contributed by atoms with Gasteiger partial charge in [-0.25, -0.2) is 4.98 Å². The summed E-state index contributed by atoms with van der Waals surface area (Å²) in [4.78, 5) is 31.3. The van der Waals surface area contributed by atoms with E-state index in [2.05, 4.69) is 20.5 Å². The Morgan fingerprint density at radius 1 is 1.16 bits per heavy atom. The predicted molar refractivity (Wildman–Crippen MR) is 137 cm³/mol. The zero-order valence-corrected chi connectivity index (χ0v) is 21.4. The molecule has 1 unspecified atom stereocenters. The summed E-state index contributed by atoms with van der Waals surface area (Å²) in [5, 5.41) is 13.2. The largest absolute Gasteiger partial charge is 0.480 e. The van der Waals surface area contributed by atoms with Crippen LogP contribution in [-0.2, 0) is 11.2 Å². The molecule has 37 heavy (non-hydrogen) atoms. The molecule has 0 aliphatic carbocycles. The Bertz CT molecular complexity index is 1430. The lowest BCUT2D eigenvalue weighted by Gasteiger charge is -2.15. The van der Waals surface area contributed by atoms with Crippen LogP contribution < -0.4 is 14.8 Å². The molecular weight excluding hydrogens is 494 g/mol. The number of nitrogens with one attached hydrogen (secondary N) is 1. The zero-order chi connectivity index (χ0) is 25.9. The molecule has 2 aromatic heterocycles. The lowest BCUT2D eigenvalue weighted by molar-refractivity contribution is -0.132. The molecule has 2 amide bonds. The first-order valence-electron chi connectivity index (χ1n) is 11.8. The highest BCUT2D eigenvalue weighted by Gasteiger charge is 2.31. The van der Waals surface area contributed by atoms with E-state index in [4.69, 9.17) is 13.9 Å². The van der Waals surface area contributed by atoms with E-state index in [9.17, 15) is 9.59 Å². The van der Waals surface area contributed by atoms with Crippen molar-refractivity contribution in [2.45, 2.75) is 32.8 Å². The van der Waals surface area contributed by atoms with Crippen molar-refractivity contribution < 1.29 is 23.5 Å². The van der Waals surface area contributed by atoms with E-state index in [1.807, 2.05) is 31.4 Å². The molecule has 0 bridgehead atoms. The number of hydrogen-bond donors (Lipinski definition) is 1.